The summed E-state index contributed by atoms with van der Waals surface area (Å²) in [6.45, 7) is 0. The highest BCUT2D eigenvalue weighted by molar-refractivity contribution is 6.30. The van der Waals surface area contributed by atoms with Crippen LogP contribution in [0.3, 0.4) is 0 Å². The zero-order valence-corrected chi connectivity index (χ0v) is 30.1. The van der Waals surface area contributed by atoms with E-state index in [2.05, 4.69) is 5.43 Å². The largest absolute Gasteiger partial charge is 0.508 e. The molecule has 4 aliphatic rings. The summed E-state index contributed by atoms with van der Waals surface area (Å²) in [5.74, 6) is -8.84. The highest BCUT2D eigenvalue weighted by Crippen LogP contribution is 2.66. The molecule has 12 nitrogen and oxygen atoms in total. The van der Waals surface area contributed by atoms with Gasteiger partial charge in [0, 0.05) is 28.6 Å². The SMILES string of the molecule is COc1cc(O)cc(OC)c1C1C2=CCC3C(=O)N(c4cccc(C(=O)O)c4)C(=O)C3C2CC2C(=O)N(Nc3ccc(F)cc3)C(=O)C21c1ccc(Cl)cc1. The molecule has 6 unspecified atom stereocenters. The highest BCUT2D eigenvalue weighted by Gasteiger charge is 2.71. The van der Waals surface area contributed by atoms with Crippen molar-refractivity contribution in [3.05, 3.63) is 124 Å². The Morgan fingerprint density at radius 1 is 0.891 bits per heavy atom. The van der Waals surface area contributed by atoms with Crippen molar-refractivity contribution in [1.82, 2.24) is 5.01 Å². The zero-order valence-electron chi connectivity index (χ0n) is 29.4. The second kappa shape index (κ2) is 13.3. The third kappa shape index (κ3) is 5.36. The van der Waals surface area contributed by atoms with Crippen LogP contribution in [0.1, 0.15) is 40.2 Å². The van der Waals surface area contributed by atoms with E-state index in [0.717, 1.165) is 9.91 Å². The van der Waals surface area contributed by atoms with E-state index in [9.17, 15) is 33.8 Å². The summed E-state index contributed by atoms with van der Waals surface area (Å²) in [5, 5.41) is 21.7. The number of carboxylic acid groups (broad SMARTS) is 1. The Morgan fingerprint density at radius 2 is 1.56 bits per heavy atom. The maximum absolute atomic E-state index is 15.4. The predicted molar refractivity (Wildman–Crippen MR) is 196 cm³/mol. The number of hydrazine groups is 1. The number of aromatic hydroxyl groups is 1. The minimum absolute atomic E-state index is 0.0387. The predicted octanol–water partition coefficient (Wildman–Crippen LogP) is 6.09. The molecule has 4 amide bonds. The molecule has 4 aromatic carbocycles. The number of ether oxygens (including phenoxy) is 2. The molecule has 4 aromatic rings. The molecular formula is C41H33ClFN3O9. The number of imide groups is 2. The number of nitrogens with one attached hydrogen (secondary N) is 1. The summed E-state index contributed by atoms with van der Waals surface area (Å²) in [4.78, 5) is 71.9. The zero-order chi connectivity index (χ0) is 38.9. The number of anilines is 2. The minimum atomic E-state index is -1.73. The quantitative estimate of drug-likeness (QED) is 0.141. The molecule has 0 spiro atoms. The molecule has 14 heteroatoms. The first-order valence-corrected chi connectivity index (χ1v) is 17.8. The van der Waals surface area contributed by atoms with Crippen LogP contribution < -0.4 is 19.8 Å². The van der Waals surface area contributed by atoms with Crippen molar-refractivity contribution >= 4 is 52.6 Å². The second-order valence-corrected chi connectivity index (χ2v) is 14.4. The fourth-order valence-electron chi connectivity index (χ4n) is 9.21. The summed E-state index contributed by atoms with van der Waals surface area (Å²) in [7, 11) is 2.78. The van der Waals surface area contributed by atoms with E-state index in [1.54, 1.807) is 24.3 Å². The van der Waals surface area contributed by atoms with Crippen molar-refractivity contribution in [2.75, 3.05) is 24.5 Å². The maximum atomic E-state index is 15.4. The Labute approximate surface area is 318 Å². The summed E-state index contributed by atoms with van der Waals surface area (Å²) >= 11 is 6.37. The Hall–Kier alpha value is -6.21. The van der Waals surface area contributed by atoms with Gasteiger partial charge in [0.25, 0.3) is 11.8 Å². The number of hydrogen-bond acceptors (Lipinski definition) is 9. The average molecular weight is 766 g/mol. The molecule has 6 atom stereocenters. The lowest BCUT2D eigenvalue weighted by atomic mass is 9.49. The normalized spacial score (nSPS) is 25.6. The van der Waals surface area contributed by atoms with E-state index in [0.29, 0.717) is 21.7 Å². The lowest BCUT2D eigenvalue weighted by Gasteiger charge is -2.51. The number of allylic oxidation sites excluding steroid dienone is 2. The number of carbonyl (C=O) groups is 5. The Balaban J connectivity index is 1.36. The second-order valence-electron chi connectivity index (χ2n) is 14.0. The van der Waals surface area contributed by atoms with Gasteiger partial charge in [-0.3, -0.25) is 29.5 Å². The number of amides is 4. The average Bonchev–Trinajstić information content (AvgIpc) is 3.56. The van der Waals surface area contributed by atoms with Gasteiger partial charge in [0.05, 0.1) is 54.3 Å². The van der Waals surface area contributed by atoms with Crippen molar-refractivity contribution in [3.63, 3.8) is 0 Å². The number of carboxylic acids is 1. The lowest BCUT2D eigenvalue weighted by Crippen LogP contribution is -2.53. The number of halogens is 2. The van der Waals surface area contributed by atoms with Gasteiger partial charge in [0.1, 0.15) is 23.1 Å². The van der Waals surface area contributed by atoms with Crippen LogP contribution in [-0.4, -0.2) is 59.0 Å². The molecule has 2 aliphatic heterocycles. The fraction of sp³-hybridized carbons (Fsp3) is 0.244. The number of hydrogen-bond donors (Lipinski definition) is 3. The third-order valence-electron chi connectivity index (χ3n) is 11.4. The van der Waals surface area contributed by atoms with Gasteiger partial charge in [0.2, 0.25) is 11.8 Å². The Morgan fingerprint density at radius 3 is 2.20 bits per heavy atom. The highest BCUT2D eigenvalue weighted by atomic mass is 35.5. The topological polar surface area (TPSA) is 163 Å². The maximum Gasteiger partial charge on any atom is 0.335 e. The van der Waals surface area contributed by atoms with Crippen molar-refractivity contribution < 1.29 is 48.0 Å². The number of aromatic carboxylic acids is 1. The standard InChI is InChI=1S/C41H33ClFN3O9/c1-54-31-17-26(47)18-32(55-2)34(31)35-27-14-15-28-33(38(50)45(36(28)48)25-5-3-4-20(16-25)39(51)52)29(27)19-30-37(49)46(44-24-12-10-23(43)11-13-24)40(53)41(30,35)21-6-8-22(42)9-7-21/h3-14,16-18,28-30,33,35,44,47H,15,19H2,1-2H3,(H,51,52). The summed E-state index contributed by atoms with van der Waals surface area (Å²) < 4.78 is 25.6. The van der Waals surface area contributed by atoms with Gasteiger partial charge in [-0.05, 0) is 78.9 Å². The van der Waals surface area contributed by atoms with Gasteiger partial charge in [-0.1, -0.05) is 41.4 Å². The van der Waals surface area contributed by atoms with Crippen LogP contribution >= 0.6 is 11.6 Å². The number of fused-ring (bicyclic) bond motifs is 4. The van der Waals surface area contributed by atoms with Crippen molar-refractivity contribution in [2.24, 2.45) is 23.7 Å². The smallest absolute Gasteiger partial charge is 0.335 e. The van der Waals surface area contributed by atoms with Crippen LogP contribution in [0.15, 0.2) is 96.6 Å². The Bertz CT molecular complexity index is 2310. The van der Waals surface area contributed by atoms with E-state index in [1.807, 2.05) is 6.08 Å². The van der Waals surface area contributed by atoms with Crippen molar-refractivity contribution in [1.29, 1.82) is 0 Å². The molecule has 280 valence electrons. The molecule has 3 fully saturated rings. The van der Waals surface area contributed by atoms with Crippen LogP contribution in [0.25, 0.3) is 0 Å². The lowest BCUT2D eigenvalue weighted by molar-refractivity contribution is -0.138. The van der Waals surface area contributed by atoms with E-state index in [4.69, 9.17) is 21.1 Å². The van der Waals surface area contributed by atoms with E-state index in [-0.39, 0.29) is 47.0 Å². The molecule has 0 aromatic heterocycles. The van der Waals surface area contributed by atoms with Crippen LogP contribution in [0.5, 0.6) is 17.2 Å². The fourth-order valence-corrected chi connectivity index (χ4v) is 9.34. The number of nitrogens with zero attached hydrogens (tertiary/aromatic N) is 2. The molecule has 55 heavy (non-hydrogen) atoms. The van der Waals surface area contributed by atoms with Gasteiger partial charge < -0.3 is 19.7 Å². The molecule has 0 radical (unpaired) electrons. The van der Waals surface area contributed by atoms with Gasteiger partial charge in [-0.2, -0.15) is 5.01 Å². The van der Waals surface area contributed by atoms with Gasteiger partial charge in [-0.15, -0.1) is 0 Å². The first kappa shape index (κ1) is 35.8. The first-order chi connectivity index (χ1) is 26.4. The van der Waals surface area contributed by atoms with Crippen LogP contribution in [0.4, 0.5) is 15.8 Å². The summed E-state index contributed by atoms with van der Waals surface area (Å²) in [6, 6.07) is 20.0. The Kier molecular flexibility index (Phi) is 8.64. The monoisotopic (exact) mass is 765 g/mol. The molecule has 2 aliphatic carbocycles. The molecule has 2 saturated heterocycles. The number of phenols is 1. The number of benzene rings is 4. The van der Waals surface area contributed by atoms with Crippen LogP contribution in [-0.2, 0) is 24.6 Å². The first-order valence-electron chi connectivity index (χ1n) is 17.4. The van der Waals surface area contributed by atoms with E-state index < -0.39 is 70.4 Å². The van der Waals surface area contributed by atoms with Gasteiger partial charge in [0.15, 0.2) is 0 Å². The van der Waals surface area contributed by atoms with E-state index in [1.165, 1.54) is 74.9 Å². The van der Waals surface area contributed by atoms with Crippen LogP contribution in [0, 0.1) is 29.5 Å². The number of methoxy groups -OCH3 is 2. The number of rotatable bonds is 8. The molecule has 1 saturated carbocycles. The molecule has 2 heterocycles. The van der Waals surface area contributed by atoms with Gasteiger partial charge in [-0.25, -0.2) is 9.18 Å². The number of carbonyl (C=O) groups excluding carboxylic acids is 4. The van der Waals surface area contributed by atoms with Crippen LogP contribution in [0.2, 0.25) is 5.02 Å². The summed E-state index contributed by atoms with van der Waals surface area (Å²) in [5.41, 5.74) is 2.76. The molecule has 3 N–H and O–H groups in total. The third-order valence-corrected chi connectivity index (χ3v) is 11.7. The number of phenolic OH excluding ortho intramolecular Hbond substituents is 1. The molecule has 8 rings (SSSR count). The van der Waals surface area contributed by atoms with Gasteiger partial charge >= 0.3 is 5.97 Å². The van der Waals surface area contributed by atoms with Crippen molar-refractivity contribution in [3.8, 4) is 17.2 Å². The minimum Gasteiger partial charge on any atom is -0.508 e. The molecular weight excluding hydrogens is 733 g/mol. The molecule has 0 bridgehead atoms. The summed E-state index contributed by atoms with van der Waals surface area (Å²) in [6.07, 6.45) is 1.89. The van der Waals surface area contributed by atoms with E-state index >= 15 is 4.79 Å². The van der Waals surface area contributed by atoms with Crippen molar-refractivity contribution in [2.45, 2.75) is 24.2 Å².